The van der Waals surface area contributed by atoms with Crippen molar-refractivity contribution < 1.29 is 9.59 Å². The van der Waals surface area contributed by atoms with Crippen LogP contribution in [0.3, 0.4) is 0 Å². The first-order chi connectivity index (χ1) is 13.3. The summed E-state index contributed by atoms with van der Waals surface area (Å²) in [4.78, 5) is 27.5. The molecule has 1 unspecified atom stereocenters. The molecule has 0 spiro atoms. The molecule has 1 N–H and O–H groups in total. The molecule has 1 aliphatic carbocycles. The largest absolute Gasteiger partial charge is 0.351 e. The van der Waals surface area contributed by atoms with Crippen LogP contribution < -0.4 is 5.32 Å². The average molecular weight is 379 g/mol. The normalized spacial score (nSPS) is 15.5. The Kier molecular flexibility index (Phi) is 7.70. The third kappa shape index (κ3) is 6.46. The molecule has 0 saturated heterocycles. The van der Waals surface area contributed by atoms with Gasteiger partial charge >= 0.3 is 0 Å². The number of nitrogens with one attached hydrogen (secondary N) is 1. The number of rotatable bonds is 5. The Morgan fingerprint density at radius 1 is 1.18 bits per heavy atom. The fourth-order valence-electron chi connectivity index (χ4n) is 3.33. The quantitative estimate of drug-likeness (QED) is 0.795. The van der Waals surface area contributed by atoms with Gasteiger partial charge in [-0.15, -0.1) is 6.42 Å². The van der Waals surface area contributed by atoms with Crippen LogP contribution in [0.15, 0.2) is 30.3 Å². The van der Waals surface area contributed by atoms with E-state index in [1.165, 1.54) is 11.3 Å². The lowest BCUT2D eigenvalue weighted by Crippen LogP contribution is -2.47. The van der Waals surface area contributed by atoms with Gasteiger partial charge in [-0.25, -0.2) is 0 Å². The molecule has 1 atom stereocenters. The minimum Gasteiger partial charge on any atom is -0.351 e. The summed E-state index contributed by atoms with van der Waals surface area (Å²) in [6.07, 6.45) is 10.9. The van der Waals surface area contributed by atoms with Crippen molar-refractivity contribution in [3.05, 3.63) is 35.9 Å². The van der Waals surface area contributed by atoms with Gasteiger partial charge < -0.3 is 10.2 Å². The van der Waals surface area contributed by atoms with Crippen molar-refractivity contribution in [1.29, 1.82) is 0 Å². The van der Waals surface area contributed by atoms with Gasteiger partial charge in [0.2, 0.25) is 5.91 Å². The van der Waals surface area contributed by atoms with Crippen LogP contribution in [0.1, 0.15) is 64.5 Å². The predicted octanol–water partition coefficient (Wildman–Crippen LogP) is 3.69. The third-order valence-corrected chi connectivity index (χ3v) is 4.69. The second-order valence-corrected chi connectivity index (χ2v) is 8.29. The van der Waals surface area contributed by atoms with E-state index >= 15 is 0 Å². The molecule has 0 radical (unpaired) electrons. The molecule has 0 heterocycles. The van der Waals surface area contributed by atoms with Crippen molar-refractivity contribution >= 4 is 11.8 Å². The number of amides is 2. The van der Waals surface area contributed by atoms with Crippen molar-refractivity contribution in [3.63, 3.8) is 0 Å². The van der Waals surface area contributed by atoms with E-state index in [4.69, 9.17) is 6.42 Å². The molecule has 1 saturated carbocycles. The van der Waals surface area contributed by atoms with Crippen molar-refractivity contribution in [2.75, 3.05) is 6.54 Å². The van der Waals surface area contributed by atoms with Gasteiger partial charge in [0.1, 0.15) is 6.04 Å². The third-order valence-electron chi connectivity index (χ3n) is 4.69. The summed E-state index contributed by atoms with van der Waals surface area (Å²) in [7, 11) is 0. The molecule has 1 aromatic rings. The fourth-order valence-corrected chi connectivity index (χ4v) is 3.33. The highest BCUT2D eigenvalue weighted by atomic mass is 16.2. The zero-order chi connectivity index (χ0) is 20.6. The maximum atomic E-state index is 13.2. The van der Waals surface area contributed by atoms with Crippen LogP contribution in [-0.4, -0.2) is 29.3 Å². The van der Waals surface area contributed by atoms with E-state index in [2.05, 4.69) is 23.1 Å². The fraction of sp³-hybridized carbons (Fsp3) is 0.500. The number of hydrogen-bond acceptors (Lipinski definition) is 2. The van der Waals surface area contributed by atoms with Crippen molar-refractivity contribution in [2.24, 2.45) is 5.41 Å². The van der Waals surface area contributed by atoms with E-state index in [1.54, 1.807) is 0 Å². The van der Waals surface area contributed by atoms with Crippen LogP contribution in [0.5, 0.6) is 0 Å². The SMILES string of the molecule is C#CCN(C(=O)C#CC(C)(C)C)C(C(=O)NC1CCCCC1)c1ccccc1. The summed E-state index contributed by atoms with van der Waals surface area (Å²) >= 11 is 0. The number of carbonyl (C=O) groups excluding carboxylic acids is 2. The van der Waals surface area contributed by atoms with E-state index in [-0.39, 0.29) is 23.9 Å². The van der Waals surface area contributed by atoms with Crippen LogP contribution in [0, 0.1) is 29.6 Å². The van der Waals surface area contributed by atoms with Crippen LogP contribution >= 0.6 is 0 Å². The Morgan fingerprint density at radius 3 is 2.39 bits per heavy atom. The van der Waals surface area contributed by atoms with Gasteiger partial charge in [-0.1, -0.05) is 61.4 Å². The van der Waals surface area contributed by atoms with Crippen LogP contribution in [-0.2, 0) is 9.59 Å². The molecule has 0 bridgehead atoms. The standard InChI is InChI=1S/C24H30N2O2/c1-5-18-26(21(27)16-17-24(2,3)4)22(19-12-8-6-9-13-19)23(28)25-20-14-10-7-11-15-20/h1,6,8-9,12-13,20,22H,7,10-11,14-15,18H2,2-4H3,(H,25,28). The highest BCUT2D eigenvalue weighted by Crippen LogP contribution is 2.24. The van der Waals surface area contributed by atoms with Crippen molar-refractivity contribution in [3.8, 4) is 24.2 Å². The van der Waals surface area contributed by atoms with E-state index in [0.717, 1.165) is 31.2 Å². The molecule has 148 valence electrons. The Labute approximate surface area is 169 Å². The second-order valence-electron chi connectivity index (χ2n) is 8.29. The number of nitrogens with zero attached hydrogens (tertiary/aromatic N) is 1. The molecule has 1 aliphatic rings. The summed E-state index contributed by atoms with van der Waals surface area (Å²) < 4.78 is 0. The Bertz CT molecular complexity index is 769. The smallest absolute Gasteiger partial charge is 0.300 e. The summed E-state index contributed by atoms with van der Waals surface area (Å²) in [5.41, 5.74) is 0.418. The van der Waals surface area contributed by atoms with Crippen LogP contribution in [0.2, 0.25) is 0 Å². The zero-order valence-electron chi connectivity index (χ0n) is 17.1. The molecule has 1 aromatic carbocycles. The van der Waals surface area contributed by atoms with Gasteiger partial charge in [0.05, 0.1) is 6.54 Å². The first-order valence-electron chi connectivity index (χ1n) is 9.94. The average Bonchev–Trinajstić information content (AvgIpc) is 2.67. The minimum atomic E-state index is -0.791. The molecule has 2 amide bonds. The lowest BCUT2D eigenvalue weighted by Gasteiger charge is -2.31. The molecule has 0 aromatic heterocycles. The van der Waals surface area contributed by atoms with Crippen molar-refractivity contribution in [1.82, 2.24) is 10.2 Å². The molecular weight excluding hydrogens is 348 g/mol. The van der Waals surface area contributed by atoms with Crippen molar-refractivity contribution in [2.45, 2.75) is 65.0 Å². The zero-order valence-corrected chi connectivity index (χ0v) is 17.1. The first-order valence-corrected chi connectivity index (χ1v) is 9.94. The number of terminal acetylenes is 1. The molecule has 4 heteroatoms. The maximum absolute atomic E-state index is 13.2. The van der Waals surface area contributed by atoms with Gasteiger partial charge in [0.15, 0.2) is 0 Å². The molecular formula is C24H30N2O2. The van der Waals surface area contributed by atoms with Gasteiger partial charge in [0.25, 0.3) is 5.91 Å². The highest BCUT2D eigenvalue weighted by Gasteiger charge is 2.32. The molecule has 1 fully saturated rings. The predicted molar refractivity (Wildman–Crippen MR) is 112 cm³/mol. The summed E-state index contributed by atoms with van der Waals surface area (Å²) in [5, 5.41) is 3.13. The Morgan fingerprint density at radius 2 is 1.82 bits per heavy atom. The van der Waals surface area contributed by atoms with E-state index in [1.807, 2.05) is 51.1 Å². The minimum absolute atomic E-state index is 0.0231. The number of benzene rings is 1. The van der Waals surface area contributed by atoms with Gasteiger partial charge in [0, 0.05) is 11.5 Å². The van der Waals surface area contributed by atoms with E-state index in [0.29, 0.717) is 0 Å². The van der Waals surface area contributed by atoms with Gasteiger partial charge in [-0.05, 0) is 45.1 Å². The van der Waals surface area contributed by atoms with Crippen LogP contribution in [0.25, 0.3) is 0 Å². The van der Waals surface area contributed by atoms with Crippen LogP contribution in [0.4, 0.5) is 0 Å². The van der Waals surface area contributed by atoms with Gasteiger partial charge in [-0.3, -0.25) is 9.59 Å². The number of carbonyl (C=O) groups is 2. The molecule has 4 nitrogen and oxygen atoms in total. The molecule has 2 rings (SSSR count). The molecule has 0 aliphatic heterocycles. The Balaban J connectivity index is 2.33. The summed E-state index contributed by atoms with van der Waals surface area (Å²) in [6.45, 7) is 5.82. The first kappa shape index (κ1) is 21.6. The van der Waals surface area contributed by atoms with E-state index in [9.17, 15) is 9.59 Å². The summed E-state index contributed by atoms with van der Waals surface area (Å²) in [5.74, 6) is 7.51. The monoisotopic (exact) mass is 378 g/mol. The summed E-state index contributed by atoms with van der Waals surface area (Å²) in [6, 6.07) is 8.65. The lowest BCUT2D eigenvalue weighted by atomic mass is 9.94. The highest BCUT2D eigenvalue weighted by molar-refractivity contribution is 5.97. The lowest BCUT2D eigenvalue weighted by molar-refractivity contribution is -0.136. The molecule has 28 heavy (non-hydrogen) atoms. The topological polar surface area (TPSA) is 49.4 Å². The second kappa shape index (κ2) is 10.00. The Hall–Kier alpha value is -2.72. The van der Waals surface area contributed by atoms with E-state index < -0.39 is 11.9 Å². The maximum Gasteiger partial charge on any atom is 0.300 e. The number of hydrogen-bond donors (Lipinski definition) is 1. The van der Waals surface area contributed by atoms with Gasteiger partial charge in [-0.2, -0.15) is 0 Å².